The zero-order valence-corrected chi connectivity index (χ0v) is 20.1. The Hall–Kier alpha value is -4.59. The van der Waals surface area contributed by atoms with E-state index in [0.29, 0.717) is 17.9 Å². The summed E-state index contributed by atoms with van der Waals surface area (Å²) in [6.07, 6.45) is 5.86. The van der Waals surface area contributed by atoms with E-state index in [9.17, 15) is 4.79 Å². The van der Waals surface area contributed by atoms with Gasteiger partial charge in [0.2, 0.25) is 0 Å². The Morgan fingerprint density at radius 3 is 2.75 bits per heavy atom. The van der Waals surface area contributed by atoms with Gasteiger partial charge in [-0.3, -0.25) is 4.79 Å². The van der Waals surface area contributed by atoms with Crippen LogP contribution in [-0.4, -0.2) is 37.0 Å². The largest absolute Gasteiger partial charge is 0.340 e. The van der Waals surface area contributed by atoms with E-state index in [1.54, 1.807) is 22.1 Å². The number of carbonyl (C=O) groups is 1. The van der Waals surface area contributed by atoms with E-state index in [-0.39, 0.29) is 11.8 Å². The molecular weight excluding hydrogens is 450 g/mol. The van der Waals surface area contributed by atoms with Crippen molar-refractivity contribution in [3.63, 3.8) is 0 Å². The Labute approximate surface area is 208 Å². The van der Waals surface area contributed by atoms with Gasteiger partial charge in [-0.15, -0.1) is 0 Å². The average molecular weight is 476 g/mol. The van der Waals surface area contributed by atoms with E-state index in [2.05, 4.69) is 69.2 Å². The predicted molar refractivity (Wildman–Crippen MR) is 140 cm³/mol. The van der Waals surface area contributed by atoms with Crippen LogP contribution in [0.25, 0.3) is 16.6 Å². The fourth-order valence-electron chi connectivity index (χ4n) is 4.68. The lowest BCUT2D eigenvalue weighted by atomic mass is 10.0. The van der Waals surface area contributed by atoms with Gasteiger partial charge < -0.3 is 10.2 Å². The second-order valence-electron chi connectivity index (χ2n) is 9.31. The maximum absolute atomic E-state index is 12.7. The lowest BCUT2D eigenvalue weighted by molar-refractivity contribution is -0.114. The highest BCUT2D eigenvalue weighted by molar-refractivity contribution is 6.09. The molecule has 1 fully saturated rings. The van der Waals surface area contributed by atoms with E-state index in [0.717, 1.165) is 34.3 Å². The van der Waals surface area contributed by atoms with Crippen LogP contribution in [-0.2, 0) is 11.2 Å². The number of amides is 1. The Morgan fingerprint density at radius 2 is 1.94 bits per heavy atom. The molecule has 1 N–H and O–H groups in total. The van der Waals surface area contributed by atoms with Gasteiger partial charge in [0.05, 0.1) is 5.52 Å². The van der Waals surface area contributed by atoms with Gasteiger partial charge in [0.25, 0.3) is 5.91 Å². The lowest BCUT2D eigenvalue weighted by Gasteiger charge is -2.17. The van der Waals surface area contributed by atoms with Crippen molar-refractivity contribution in [3.05, 3.63) is 96.2 Å². The first-order valence-electron chi connectivity index (χ1n) is 11.9. The fourth-order valence-corrected chi connectivity index (χ4v) is 4.68. The molecule has 3 aromatic heterocycles. The standard InChI is InChI=1S/C28H25N7O/c1-17-10-22(5-4-21(17)11-20-8-9-35-26(12-20)30-16-32-35)33-27-24-13-23(6-7-25(24)29-15-31-27)34-14-18(2)19(3)28(34)36/h4-10,12-13,15-16,18H,3,11,14H2,1-2H3,(H,29,31,33). The highest BCUT2D eigenvalue weighted by Gasteiger charge is 2.31. The summed E-state index contributed by atoms with van der Waals surface area (Å²) in [7, 11) is 0. The Morgan fingerprint density at radius 1 is 1.06 bits per heavy atom. The van der Waals surface area contributed by atoms with Crippen molar-refractivity contribution in [2.45, 2.75) is 20.3 Å². The summed E-state index contributed by atoms with van der Waals surface area (Å²) in [6, 6.07) is 16.3. The number of aryl methyl sites for hydroxylation is 1. The Kier molecular flexibility index (Phi) is 5.21. The first-order valence-corrected chi connectivity index (χ1v) is 11.9. The third-order valence-electron chi connectivity index (χ3n) is 6.85. The van der Waals surface area contributed by atoms with E-state index < -0.39 is 0 Å². The molecule has 178 valence electrons. The lowest BCUT2D eigenvalue weighted by Crippen LogP contribution is -2.24. The average Bonchev–Trinajstić information content (AvgIpc) is 3.45. The molecule has 36 heavy (non-hydrogen) atoms. The highest BCUT2D eigenvalue weighted by atomic mass is 16.2. The van der Waals surface area contributed by atoms with Gasteiger partial charge in [-0.2, -0.15) is 5.10 Å². The number of benzene rings is 2. The third kappa shape index (κ3) is 3.86. The van der Waals surface area contributed by atoms with Crippen molar-refractivity contribution >= 4 is 39.6 Å². The molecule has 8 nitrogen and oxygen atoms in total. The molecule has 0 aliphatic carbocycles. The van der Waals surface area contributed by atoms with Crippen molar-refractivity contribution in [1.29, 1.82) is 0 Å². The summed E-state index contributed by atoms with van der Waals surface area (Å²) < 4.78 is 1.76. The van der Waals surface area contributed by atoms with Crippen LogP contribution in [0, 0.1) is 12.8 Å². The minimum atomic E-state index is -0.0254. The molecular formula is C28H25N7O. The topological polar surface area (TPSA) is 88.3 Å². The van der Waals surface area contributed by atoms with Gasteiger partial charge in [-0.25, -0.2) is 19.5 Å². The predicted octanol–water partition coefficient (Wildman–Crippen LogP) is 4.85. The second-order valence-corrected chi connectivity index (χ2v) is 9.31. The van der Waals surface area contributed by atoms with E-state index >= 15 is 0 Å². The maximum Gasteiger partial charge on any atom is 0.253 e. The number of carbonyl (C=O) groups excluding carboxylic acids is 1. The minimum absolute atomic E-state index is 0.0254. The summed E-state index contributed by atoms with van der Waals surface area (Å²) in [5.41, 5.74) is 7.66. The molecule has 0 bridgehead atoms. The van der Waals surface area contributed by atoms with Gasteiger partial charge in [0, 0.05) is 41.0 Å². The number of nitrogens with zero attached hydrogens (tertiary/aromatic N) is 6. The third-order valence-corrected chi connectivity index (χ3v) is 6.85. The van der Waals surface area contributed by atoms with E-state index in [1.165, 1.54) is 16.7 Å². The number of hydrogen-bond donors (Lipinski definition) is 1. The molecule has 5 aromatic rings. The van der Waals surface area contributed by atoms with Gasteiger partial charge >= 0.3 is 0 Å². The van der Waals surface area contributed by atoms with Gasteiger partial charge in [-0.1, -0.05) is 19.6 Å². The number of nitrogens with one attached hydrogen (secondary N) is 1. The summed E-state index contributed by atoms with van der Waals surface area (Å²) >= 11 is 0. The molecule has 0 spiro atoms. The van der Waals surface area contributed by atoms with Gasteiger partial charge in [0.1, 0.15) is 18.5 Å². The molecule has 1 aliphatic rings. The molecule has 1 saturated heterocycles. The molecule has 4 heterocycles. The number of hydrogen-bond acceptors (Lipinski definition) is 6. The molecule has 8 heteroatoms. The van der Waals surface area contributed by atoms with Crippen LogP contribution < -0.4 is 10.2 Å². The normalized spacial score (nSPS) is 15.8. The van der Waals surface area contributed by atoms with Crippen molar-refractivity contribution in [2.24, 2.45) is 5.92 Å². The van der Waals surface area contributed by atoms with E-state index in [4.69, 9.17) is 0 Å². The Bertz CT molecular complexity index is 1650. The highest BCUT2D eigenvalue weighted by Crippen LogP contribution is 2.32. The number of aromatic nitrogens is 5. The van der Waals surface area contributed by atoms with Crippen LogP contribution in [0.2, 0.25) is 0 Å². The van der Waals surface area contributed by atoms with Gasteiger partial charge in [-0.05, 0) is 72.5 Å². The molecule has 1 unspecified atom stereocenters. The molecule has 6 rings (SSSR count). The molecule has 1 amide bonds. The van der Waals surface area contributed by atoms with Crippen LogP contribution >= 0.6 is 0 Å². The van der Waals surface area contributed by atoms with Crippen molar-refractivity contribution in [2.75, 3.05) is 16.8 Å². The summed E-state index contributed by atoms with van der Waals surface area (Å²) in [6.45, 7) is 8.71. The maximum atomic E-state index is 12.7. The zero-order chi connectivity index (χ0) is 24.8. The number of rotatable bonds is 5. The van der Waals surface area contributed by atoms with Crippen molar-refractivity contribution in [1.82, 2.24) is 24.6 Å². The number of pyridine rings is 1. The van der Waals surface area contributed by atoms with Crippen LogP contribution in [0.3, 0.4) is 0 Å². The molecule has 0 radical (unpaired) electrons. The van der Waals surface area contributed by atoms with Crippen LogP contribution in [0.1, 0.15) is 23.6 Å². The quantitative estimate of drug-likeness (QED) is 0.366. The first-order chi connectivity index (χ1) is 17.5. The minimum Gasteiger partial charge on any atom is -0.340 e. The fraction of sp³-hybridized carbons (Fsp3) is 0.179. The smallest absolute Gasteiger partial charge is 0.253 e. The first kappa shape index (κ1) is 21.9. The molecule has 1 atom stereocenters. The molecule has 1 aliphatic heterocycles. The number of anilines is 3. The van der Waals surface area contributed by atoms with Crippen LogP contribution in [0.5, 0.6) is 0 Å². The van der Waals surface area contributed by atoms with Gasteiger partial charge in [0.15, 0.2) is 5.65 Å². The molecule has 0 saturated carbocycles. The molecule has 2 aromatic carbocycles. The summed E-state index contributed by atoms with van der Waals surface area (Å²) in [5, 5.41) is 8.47. The second kappa shape index (κ2) is 8.57. The SMILES string of the molecule is C=C1C(=O)N(c2ccc3ncnc(Nc4ccc(Cc5ccn6ncnc6c5)c(C)c4)c3c2)CC1C. The monoisotopic (exact) mass is 475 g/mol. The Balaban J connectivity index is 1.27. The van der Waals surface area contributed by atoms with E-state index in [1.807, 2.05) is 31.3 Å². The van der Waals surface area contributed by atoms with Crippen LogP contribution in [0.15, 0.2) is 79.5 Å². The van der Waals surface area contributed by atoms with Crippen molar-refractivity contribution < 1.29 is 4.79 Å². The zero-order valence-electron chi connectivity index (χ0n) is 20.1. The summed E-state index contributed by atoms with van der Waals surface area (Å²) in [5.74, 6) is 0.810. The van der Waals surface area contributed by atoms with Crippen molar-refractivity contribution in [3.8, 4) is 0 Å². The van der Waals surface area contributed by atoms with Crippen LogP contribution in [0.4, 0.5) is 17.2 Å². The summed E-state index contributed by atoms with van der Waals surface area (Å²) in [4.78, 5) is 27.6. The number of fused-ring (bicyclic) bond motifs is 2.